The maximum atomic E-state index is 15.3. The molecular formula is C23H18F2N4O5. The molecule has 0 amide bonds. The number of anilines is 2. The van der Waals surface area contributed by atoms with Crippen molar-refractivity contribution in [3.05, 3.63) is 69.4 Å². The molecule has 0 atom stereocenters. The van der Waals surface area contributed by atoms with Gasteiger partial charge in [-0.2, -0.15) is 0 Å². The third kappa shape index (κ3) is 3.76. The zero-order valence-corrected chi connectivity index (χ0v) is 18.2. The van der Waals surface area contributed by atoms with Crippen LogP contribution in [0.25, 0.3) is 22.2 Å². The Labute approximate surface area is 191 Å². The third-order valence-corrected chi connectivity index (χ3v) is 5.27. The van der Waals surface area contributed by atoms with Crippen LogP contribution < -0.4 is 14.8 Å². The maximum Gasteiger partial charge on any atom is 0.292 e. The third-order valence-electron chi connectivity index (χ3n) is 5.27. The molecule has 2 aromatic carbocycles. The van der Waals surface area contributed by atoms with E-state index in [-0.39, 0.29) is 45.6 Å². The summed E-state index contributed by atoms with van der Waals surface area (Å²) >= 11 is 0. The second-order valence-corrected chi connectivity index (χ2v) is 7.30. The van der Waals surface area contributed by atoms with Crippen molar-refractivity contribution in [3.8, 4) is 22.8 Å². The zero-order valence-electron chi connectivity index (χ0n) is 18.2. The number of nitro benzene ring substituents is 1. The molecule has 0 bridgehead atoms. The number of benzene rings is 2. The molecule has 0 radical (unpaired) electrons. The Kier molecular flexibility index (Phi) is 5.84. The number of aryl methyl sites for hydroxylation is 1. The van der Waals surface area contributed by atoms with E-state index in [0.29, 0.717) is 17.2 Å². The van der Waals surface area contributed by atoms with Crippen LogP contribution in [0.15, 0.2) is 36.4 Å². The van der Waals surface area contributed by atoms with Gasteiger partial charge in [0.25, 0.3) is 5.69 Å². The lowest BCUT2D eigenvalue weighted by atomic mass is 10.1. The van der Waals surface area contributed by atoms with Gasteiger partial charge in [-0.1, -0.05) is 12.1 Å². The van der Waals surface area contributed by atoms with E-state index in [4.69, 9.17) is 9.47 Å². The lowest BCUT2D eigenvalue weighted by Crippen LogP contribution is -2.04. The molecule has 2 heterocycles. The van der Waals surface area contributed by atoms with Gasteiger partial charge in [-0.05, 0) is 24.6 Å². The molecule has 2 aromatic heterocycles. The Balaban J connectivity index is 2.01. The number of aldehydes is 1. The number of nitro groups is 1. The van der Waals surface area contributed by atoms with Gasteiger partial charge < -0.3 is 19.8 Å². The summed E-state index contributed by atoms with van der Waals surface area (Å²) in [4.78, 5) is 29.5. The zero-order chi connectivity index (χ0) is 24.6. The van der Waals surface area contributed by atoms with Crippen molar-refractivity contribution in [3.63, 3.8) is 0 Å². The summed E-state index contributed by atoms with van der Waals surface area (Å²) in [6.07, 6.45) is 0.544. The molecule has 11 heteroatoms. The number of halogens is 2. The van der Waals surface area contributed by atoms with Crippen molar-refractivity contribution in [2.75, 3.05) is 19.5 Å². The highest BCUT2D eigenvalue weighted by atomic mass is 19.1. The highest BCUT2D eigenvalue weighted by molar-refractivity contribution is 5.98. The van der Waals surface area contributed by atoms with E-state index in [1.54, 1.807) is 13.0 Å². The molecule has 0 aliphatic carbocycles. The molecule has 0 unspecified atom stereocenters. The van der Waals surface area contributed by atoms with Crippen molar-refractivity contribution in [1.82, 2.24) is 9.97 Å². The standard InChI is InChI=1S/C23H18F2N4O5/c1-11-5-4-6-14(29(31)32)21(11)27-17-8-12-7-13(10-30)26-22(12)23(28-17)18-19(24)15(33-2)9-16(34-3)20(18)25/h4-10,26H,1-3H3,(H,27,28). The minimum atomic E-state index is -1.03. The average Bonchev–Trinajstić information content (AvgIpc) is 3.24. The van der Waals surface area contributed by atoms with Crippen LogP contribution in [-0.4, -0.2) is 35.4 Å². The van der Waals surface area contributed by atoms with Gasteiger partial charge in [0.2, 0.25) is 0 Å². The number of H-pyrrole nitrogens is 1. The SMILES string of the molecule is COc1cc(OC)c(F)c(-c2nc(Nc3c(C)cccc3[N+](=O)[O-])cc3cc(C=O)[nH]c23)c1F. The van der Waals surface area contributed by atoms with Crippen molar-refractivity contribution < 1.29 is 28.0 Å². The highest BCUT2D eigenvalue weighted by Crippen LogP contribution is 2.40. The van der Waals surface area contributed by atoms with E-state index >= 15 is 8.78 Å². The number of nitrogens with one attached hydrogen (secondary N) is 2. The summed E-state index contributed by atoms with van der Waals surface area (Å²) in [5, 5.41) is 14.8. The largest absolute Gasteiger partial charge is 0.494 e. The van der Waals surface area contributed by atoms with Crippen molar-refractivity contribution in [2.45, 2.75) is 6.92 Å². The Bertz CT molecular complexity index is 1420. The number of aromatic amines is 1. The Morgan fingerprint density at radius 2 is 1.79 bits per heavy atom. The fourth-order valence-electron chi connectivity index (χ4n) is 3.66. The predicted molar refractivity (Wildman–Crippen MR) is 121 cm³/mol. The van der Waals surface area contributed by atoms with Crippen LogP contribution in [0.2, 0.25) is 0 Å². The summed E-state index contributed by atoms with van der Waals surface area (Å²) in [5.41, 5.74) is 0.112. The van der Waals surface area contributed by atoms with Gasteiger partial charge >= 0.3 is 0 Å². The van der Waals surface area contributed by atoms with Crippen LogP contribution in [0.1, 0.15) is 16.1 Å². The van der Waals surface area contributed by atoms with Gasteiger partial charge in [0.1, 0.15) is 17.2 Å². The number of rotatable bonds is 7. The average molecular weight is 468 g/mol. The van der Waals surface area contributed by atoms with Gasteiger partial charge in [0, 0.05) is 17.5 Å². The molecule has 174 valence electrons. The number of hydrogen-bond donors (Lipinski definition) is 2. The minimum Gasteiger partial charge on any atom is -0.494 e. The van der Waals surface area contributed by atoms with E-state index in [2.05, 4.69) is 15.3 Å². The fourth-order valence-corrected chi connectivity index (χ4v) is 3.66. The van der Waals surface area contributed by atoms with E-state index in [9.17, 15) is 14.9 Å². The normalized spacial score (nSPS) is 10.9. The van der Waals surface area contributed by atoms with Crippen LogP contribution >= 0.6 is 0 Å². The summed E-state index contributed by atoms with van der Waals surface area (Å²) in [6, 6.07) is 8.57. The summed E-state index contributed by atoms with van der Waals surface area (Å²) in [7, 11) is 2.44. The second kappa shape index (κ2) is 8.77. The van der Waals surface area contributed by atoms with Crippen molar-refractivity contribution in [1.29, 1.82) is 0 Å². The molecule has 2 N–H and O–H groups in total. The Morgan fingerprint density at radius 3 is 2.38 bits per heavy atom. The molecule has 34 heavy (non-hydrogen) atoms. The molecule has 4 aromatic rings. The first-order valence-corrected chi connectivity index (χ1v) is 9.89. The van der Waals surface area contributed by atoms with Gasteiger partial charge in [-0.3, -0.25) is 14.9 Å². The molecule has 9 nitrogen and oxygen atoms in total. The lowest BCUT2D eigenvalue weighted by Gasteiger charge is -2.15. The summed E-state index contributed by atoms with van der Waals surface area (Å²) < 4.78 is 40.6. The number of para-hydroxylation sites is 1. The van der Waals surface area contributed by atoms with E-state index in [1.807, 2.05) is 0 Å². The molecule has 4 rings (SSSR count). The topological polar surface area (TPSA) is 119 Å². The number of nitrogens with zero attached hydrogens (tertiary/aromatic N) is 2. The quantitative estimate of drug-likeness (QED) is 0.215. The second-order valence-electron chi connectivity index (χ2n) is 7.30. The van der Waals surface area contributed by atoms with E-state index < -0.39 is 22.1 Å². The number of pyridine rings is 1. The molecule has 0 saturated carbocycles. The fraction of sp³-hybridized carbons (Fsp3) is 0.130. The summed E-state index contributed by atoms with van der Waals surface area (Å²) in [6.45, 7) is 1.67. The number of aromatic nitrogens is 2. The lowest BCUT2D eigenvalue weighted by molar-refractivity contribution is -0.384. The van der Waals surface area contributed by atoms with Crippen molar-refractivity contribution in [2.24, 2.45) is 0 Å². The number of fused-ring (bicyclic) bond motifs is 1. The Morgan fingerprint density at radius 1 is 1.12 bits per heavy atom. The first kappa shape index (κ1) is 22.6. The van der Waals surface area contributed by atoms with Crippen LogP contribution in [-0.2, 0) is 0 Å². The predicted octanol–water partition coefficient (Wildman–Crippen LogP) is 5.30. The molecular weight excluding hydrogens is 450 g/mol. The van der Waals surface area contributed by atoms with Crippen LogP contribution in [0.5, 0.6) is 11.5 Å². The van der Waals surface area contributed by atoms with Crippen LogP contribution in [0, 0.1) is 28.7 Å². The molecule has 0 saturated heterocycles. The number of hydrogen-bond acceptors (Lipinski definition) is 7. The van der Waals surface area contributed by atoms with Crippen molar-refractivity contribution >= 4 is 34.4 Å². The summed E-state index contributed by atoms with van der Waals surface area (Å²) in [5.74, 6) is -2.56. The van der Waals surface area contributed by atoms with E-state index in [0.717, 1.165) is 6.07 Å². The molecule has 0 spiro atoms. The molecule has 0 fully saturated rings. The van der Waals surface area contributed by atoms with Gasteiger partial charge in [-0.25, -0.2) is 13.8 Å². The number of carbonyl (C=O) groups excluding carboxylic acids is 1. The smallest absolute Gasteiger partial charge is 0.292 e. The van der Waals surface area contributed by atoms with Gasteiger partial charge in [-0.15, -0.1) is 0 Å². The van der Waals surface area contributed by atoms with Crippen LogP contribution in [0.4, 0.5) is 26.0 Å². The first-order valence-electron chi connectivity index (χ1n) is 9.89. The molecule has 0 aliphatic heterocycles. The number of methoxy groups -OCH3 is 2. The first-order chi connectivity index (χ1) is 16.3. The van der Waals surface area contributed by atoms with Crippen LogP contribution in [0.3, 0.4) is 0 Å². The minimum absolute atomic E-state index is 0.0666. The van der Waals surface area contributed by atoms with Gasteiger partial charge in [0.05, 0.1) is 35.9 Å². The van der Waals surface area contributed by atoms with E-state index in [1.165, 1.54) is 38.5 Å². The monoisotopic (exact) mass is 468 g/mol. The van der Waals surface area contributed by atoms with Gasteiger partial charge in [0.15, 0.2) is 29.4 Å². The number of ether oxygens (including phenoxy) is 2. The maximum absolute atomic E-state index is 15.3. The highest BCUT2D eigenvalue weighted by Gasteiger charge is 2.26. The molecule has 0 aliphatic rings. The number of carbonyl (C=O) groups is 1. The Hall–Kier alpha value is -4.54.